The molecule has 0 unspecified atom stereocenters. The number of benzene rings is 12. The molecule has 0 heterocycles. The van der Waals surface area contributed by atoms with Crippen molar-refractivity contribution >= 4 is 102 Å². The second-order valence-electron chi connectivity index (χ2n) is 25.7. The van der Waals surface area contributed by atoms with Gasteiger partial charge in [0.2, 0.25) is 0 Å². The second-order valence-corrected chi connectivity index (χ2v) is 36.8. The Morgan fingerprint density at radius 3 is 0.547 bits per heavy atom. The van der Waals surface area contributed by atoms with Crippen LogP contribution in [0, 0.1) is 58.5 Å². The quantitative estimate of drug-likeness (QED) is 0.0884. The number of hydrogen-bond acceptors (Lipinski definition) is 0. The predicted molar refractivity (Wildman–Crippen MR) is 380 cm³/mol. The molecule has 86 heavy (non-hydrogen) atoms. The molecule has 0 nitrogen and oxygen atoms in total. The van der Waals surface area contributed by atoms with E-state index in [0.717, 1.165) is 87.6 Å². The lowest BCUT2D eigenvalue weighted by molar-refractivity contribution is 0.838. The zero-order valence-electron chi connectivity index (χ0n) is 51.9. The minimum Gasteiger partial charge on any atom is -0.125 e. The molecule has 0 aliphatic rings. The van der Waals surface area contributed by atoms with Crippen LogP contribution in [-0.4, -0.2) is 16.1 Å². The van der Waals surface area contributed by atoms with E-state index in [0.29, 0.717) is 33.2 Å². The van der Waals surface area contributed by atoms with Gasteiger partial charge in [-0.2, -0.15) is 0 Å². The molecular formula is C84H74Si2. The molecule has 0 aliphatic heterocycles. The lowest BCUT2D eigenvalue weighted by atomic mass is 9.89. The normalized spacial score (nSPS) is 11.9. The van der Waals surface area contributed by atoms with E-state index >= 15 is 0 Å². The third-order valence-electron chi connectivity index (χ3n) is 19.0. The van der Waals surface area contributed by atoms with Crippen LogP contribution in [0.25, 0.3) is 86.2 Å². The number of fused-ring (bicyclic) bond motifs is 8. The molecule has 418 valence electrons. The molecule has 2 heteroatoms. The van der Waals surface area contributed by atoms with Gasteiger partial charge in [-0.3, -0.25) is 0 Å². The monoisotopic (exact) mass is 1140 g/mol. The van der Waals surface area contributed by atoms with E-state index in [9.17, 15) is 0 Å². The smallest absolute Gasteiger partial charge is 0.125 e. The number of rotatable bonds is 6. The molecule has 0 aliphatic carbocycles. The summed E-state index contributed by atoms with van der Waals surface area (Å²) in [6, 6.07) is 70.2. The van der Waals surface area contributed by atoms with Crippen LogP contribution in [0.2, 0.25) is 33.2 Å². The molecule has 0 radical (unpaired) electrons. The molecule has 12 aromatic carbocycles. The highest BCUT2D eigenvalue weighted by Gasteiger charge is 2.43. The van der Waals surface area contributed by atoms with Crippen LogP contribution < -0.4 is 0 Å². The van der Waals surface area contributed by atoms with E-state index in [-0.39, 0.29) is 0 Å². The van der Waals surface area contributed by atoms with Crippen molar-refractivity contribution in [1.29, 1.82) is 0 Å². The molecule has 0 atom stereocenters. The van der Waals surface area contributed by atoms with Gasteiger partial charge < -0.3 is 0 Å². The summed E-state index contributed by atoms with van der Waals surface area (Å²) in [5.74, 6) is 29.5. The van der Waals surface area contributed by atoms with Crippen molar-refractivity contribution in [3.63, 3.8) is 0 Å². The van der Waals surface area contributed by atoms with Gasteiger partial charge in [0.05, 0.1) is 0 Å². The molecule has 0 spiro atoms. The van der Waals surface area contributed by atoms with Crippen molar-refractivity contribution in [2.45, 2.75) is 116 Å². The molecule has 0 saturated heterocycles. The fraction of sp³-hybridized carbons (Fsp3) is 0.214. The molecule has 0 aromatic heterocycles. The molecule has 12 aromatic rings. The highest BCUT2D eigenvalue weighted by Crippen LogP contribution is 2.44. The summed E-state index contributed by atoms with van der Waals surface area (Å²) >= 11 is 0. The standard InChI is InChI=1S/C84H74Si2/c1-55(2)85(56(3)4,57(5)6)45-43-75-81-51-69-25-17-13-21-65(69)47-77(81)73(78-48-66-22-14-18-26-70(66)52-82(75)78)41-39-63-35-31-61(32-36-63)29-30-62-33-37-64(38-34-62)40-42-74-79-49-67-23-15-19-27-71(67)53-83(79)76(44-46-86(58(7)8,59(9)10)60(11)12)84-54-72-28-20-16-24-68(72)50-80(74)84/h13-28,31-38,47-60H,1-12H3. The topological polar surface area (TPSA) is 0 Å². The van der Waals surface area contributed by atoms with Crippen LogP contribution in [-0.2, 0) is 0 Å². The van der Waals surface area contributed by atoms with Crippen LogP contribution in [0.5, 0.6) is 0 Å². The first-order valence-corrected chi connectivity index (χ1v) is 35.4. The summed E-state index contributed by atoms with van der Waals surface area (Å²) < 4.78 is 0. The van der Waals surface area contributed by atoms with Gasteiger partial charge in [-0.1, -0.05) is 228 Å². The molecule has 0 saturated carbocycles. The average Bonchev–Trinajstić information content (AvgIpc) is 0.890. The van der Waals surface area contributed by atoms with E-state index in [4.69, 9.17) is 0 Å². The Hall–Kier alpha value is -9.05. The zero-order chi connectivity index (χ0) is 60.0. The van der Waals surface area contributed by atoms with Crippen LogP contribution in [0.3, 0.4) is 0 Å². The Morgan fingerprint density at radius 2 is 0.372 bits per heavy atom. The molecule has 0 fully saturated rings. The molecule has 0 bridgehead atoms. The van der Waals surface area contributed by atoms with E-state index in [1.54, 1.807) is 0 Å². The summed E-state index contributed by atoms with van der Waals surface area (Å²) in [5.41, 5.74) is 19.4. The second kappa shape index (κ2) is 23.4. The third-order valence-corrected chi connectivity index (χ3v) is 31.6. The van der Waals surface area contributed by atoms with Crippen molar-refractivity contribution in [2.24, 2.45) is 0 Å². The van der Waals surface area contributed by atoms with Crippen molar-refractivity contribution in [2.75, 3.05) is 0 Å². The van der Waals surface area contributed by atoms with Gasteiger partial charge in [0, 0.05) is 44.5 Å². The van der Waals surface area contributed by atoms with Crippen LogP contribution >= 0.6 is 0 Å². The van der Waals surface area contributed by atoms with Gasteiger partial charge in [-0.25, -0.2) is 0 Å². The van der Waals surface area contributed by atoms with E-state index in [1.807, 2.05) is 0 Å². The van der Waals surface area contributed by atoms with E-state index in [2.05, 4.69) is 336 Å². The molecular weight excluding hydrogens is 1070 g/mol. The Kier molecular flexibility index (Phi) is 15.6. The maximum absolute atomic E-state index is 4.11. The summed E-state index contributed by atoms with van der Waals surface area (Å²) in [4.78, 5) is 0. The Morgan fingerprint density at radius 1 is 0.209 bits per heavy atom. The minimum atomic E-state index is -2.06. The highest BCUT2D eigenvalue weighted by molar-refractivity contribution is 6.91. The first-order chi connectivity index (χ1) is 41.5. The summed E-state index contributed by atoms with van der Waals surface area (Å²) in [6.07, 6.45) is 0. The molecule has 12 rings (SSSR count). The van der Waals surface area contributed by atoms with Crippen LogP contribution in [0.4, 0.5) is 0 Å². The first-order valence-electron chi connectivity index (χ1n) is 31.0. The average molecular weight is 1140 g/mol. The van der Waals surface area contributed by atoms with Gasteiger partial charge in [0.1, 0.15) is 16.1 Å². The maximum atomic E-state index is 4.11. The van der Waals surface area contributed by atoms with E-state index < -0.39 is 16.1 Å². The van der Waals surface area contributed by atoms with Crippen molar-refractivity contribution in [3.05, 3.63) is 239 Å². The van der Waals surface area contributed by atoms with Gasteiger partial charge in [-0.05, 0) is 216 Å². The van der Waals surface area contributed by atoms with Crippen molar-refractivity contribution in [1.82, 2.24) is 0 Å². The fourth-order valence-corrected chi connectivity index (χ4v) is 25.0. The van der Waals surface area contributed by atoms with E-state index in [1.165, 1.54) is 43.1 Å². The van der Waals surface area contributed by atoms with Gasteiger partial charge in [0.15, 0.2) is 0 Å². The minimum absolute atomic E-state index is 0.524. The zero-order valence-corrected chi connectivity index (χ0v) is 53.9. The Balaban J connectivity index is 0.896. The largest absolute Gasteiger partial charge is 0.146 e. The Labute approximate surface area is 512 Å². The third kappa shape index (κ3) is 10.5. The summed E-state index contributed by atoms with van der Waals surface area (Å²) in [6.45, 7) is 28.7. The SMILES string of the molecule is CC(C)[Si](C#Cc1c2cc3ccccc3cc2c(C#Cc2ccc(C#Cc3ccc(C#Cc4c5cc6ccccc6cc5c(C#C[Si](C(C)C)(C(C)C)C(C)C)c5cc6ccccc6cc45)cc3)cc2)c2cc3ccccc3cc12)(C(C)C)C(C)C. The fourth-order valence-electron chi connectivity index (χ4n) is 14.6. The maximum Gasteiger partial charge on any atom is 0.146 e. The van der Waals surface area contributed by atoms with Crippen LogP contribution in [0.1, 0.15) is 128 Å². The predicted octanol–water partition coefficient (Wildman–Crippen LogP) is 22.3. The summed E-state index contributed by atoms with van der Waals surface area (Å²) in [7, 11) is -4.12. The van der Waals surface area contributed by atoms with Gasteiger partial charge >= 0.3 is 0 Å². The lowest BCUT2D eigenvalue weighted by Crippen LogP contribution is -2.43. The first kappa shape index (κ1) is 57.4. The number of hydrogen-bond donors (Lipinski definition) is 0. The lowest BCUT2D eigenvalue weighted by Gasteiger charge is -2.38. The van der Waals surface area contributed by atoms with Crippen LogP contribution in [0.15, 0.2) is 194 Å². The van der Waals surface area contributed by atoms with Gasteiger partial charge in [-0.15, -0.1) is 11.1 Å². The van der Waals surface area contributed by atoms with Crippen molar-refractivity contribution < 1.29 is 0 Å². The Bertz CT molecular complexity index is 4470. The summed E-state index contributed by atoms with van der Waals surface area (Å²) in [5, 5.41) is 18.8. The molecule has 0 N–H and O–H groups in total. The van der Waals surface area contributed by atoms with Gasteiger partial charge in [0.25, 0.3) is 0 Å². The van der Waals surface area contributed by atoms with Crippen molar-refractivity contribution in [3.8, 4) is 58.5 Å². The molecule has 0 amide bonds. The highest BCUT2D eigenvalue weighted by atomic mass is 28.3.